The van der Waals surface area contributed by atoms with Crippen molar-refractivity contribution in [2.24, 2.45) is 0 Å². The van der Waals surface area contributed by atoms with Gasteiger partial charge in [-0.15, -0.1) is 0 Å². The molecule has 0 radical (unpaired) electrons. The van der Waals surface area contributed by atoms with Crippen LogP contribution in [0.5, 0.6) is 5.75 Å². The zero-order chi connectivity index (χ0) is 18.5. The third kappa shape index (κ3) is 4.47. The molecule has 0 fully saturated rings. The zero-order valence-electron chi connectivity index (χ0n) is 14.8. The average molecular weight is 357 g/mol. The molecule has 0 amide bonds. The van der Waals surface area contributed by atoms with E-state index >= 15 is 0 Å². The summed E-state index contributed by atoms with van der Waals surface area (Å²) in [4.78, 5) is 15.8. The predicted octanol–water partition coefficient (Wildman–Crippen LogP) is 2.85. The van der Waals surface area contributed by atoms with Crippen LogP contribution in [0.15, 0.2) is 33.3 Å². The van der Waals surface area contributed by atoms with Crippen LogP contribution in [-0.2, 0) is 29.2 Å². The fourth-order valence-corrected chi connectivity index (χ4v) is 2.33. The van der Waals surface area contributed by atoms with Gasteiger partial charge in [-0.2, -0.15) is 4.98 Å². The van der Waals surface area contributed by atoms with E-state index in [1.165, 1.54) is 0 Å². The van der Waals surface area contributed by atoms with Crippen LogP contribution < -0.4 is 4.74 Å². The molecule has 0 saturated carbocycles. The molecule has 0 aliphatic carbocycles. The van der Waals surface area contributed by atoms with Crippen molar-refractivity contribution in [2.45, 2.75) is 40.4 Å². The van der Waals surface area contributed by atoms with Gasteiger partial charge >= 0.3 is 5.97 Å². The van der Waals surface area contributed by atoms with Gasteiger partial charge in [0.05, 0.1) is 17.7 Å². The second-order valence-electron chi connectivity index (χ2n) is 5.81. The molecule has 8 nitrogen and oxygen atoms in total. The fourth-order valence-electron chi connectivity index (χ4n) is 2.33. The number of carbonyl (C=O) groups is 1. The average Bonchev–Trinajstić information content (AvgIpc) is 3.18. The van der Waals surface area contributed by atoms with Gasteiger partial charge in [-0.05, 0) is 38.5 Å². The summed E-state index contributed by atoms with van der Waals surface area (Å²) in [5.41, 5.74) is 2.58. The van der Waals surface area contributed by atoms with E-state index in [9.17, 15) is 4.79 Å². The lowest BCUT2D eigenvalue weighted by Crippen LogP contribution is -2.08. The van der Waals surface area contributed by atoms with E-state index in [1.807, 2.05) is 38.1 Å². The van der Waals surface area contributed by atoms with E-state index < -0.39 is 0 Å². The number of rotatable bonds is 7. The molecule has 0 spiro atoms. The van der Waals surface area contributed by atoms with Gasteiger partial charge in [0, 0.05) is 0 Å². The van der Waals surface area contributed by atoms with Crippen molar-refractivity contribution in [2.75, 3.05) is 0 Å². The standard InChI is InChI=1S/C18H19N3O5/c1-11-16(12(2)25-20-11)9-23-15-6-4-14(5-7-15)8-18(22)24-10-17-19-13(3)21-26-17/h4-7H,8-10H2,1-3H3. The van der Waals surface area contributed by atoms with E-state index in [4.69, 9.17) is 18.5 Å². The van der Waals surface area contributed by atoms with E-state index in [0.29, 0.717) is 18.2 Å². The highest BCUT2D eigenvalue weighted by molar-refractivity contribution is 5.72. The minimum Gasteiger partial charge on any atom is -0.489 e. The van der Waals surface area contributed by atoms with Crippen LogP contribution in [0, 0.1) is 20.8 Å². The lowest BCUT2D eigenvalue weighted by Gasteiger charge is -2.07. The Morgan fingerprint density at radius 2 is 1.81 bits per heavy atom. The summed E-state index contributed by atoms with van der Waals surface area (Å²) in [5, 5.41) is 7.53. The number of carbonyl (C=O) groups excluding carboxylic acids is 1. The summed E-state index contributed by atoms with van der Waals surface area (Å²) < 4.78 is 20.8. The van der Waals surface area contributed by atoms with Gasteiger partial charge in [0.1, 0.15) is 18.1 Å². The molecule has 8 heteroatoms. The van der Waals surface area contributed by atoms with E-state index in [-0.39, 0.29) is 24.9 Å². The minimum absolute atomic E-state index is 0.0295. The molecule has 3 rings (SSSR count). The van der Waals surface area contributed by atoms with Gasteiger partial charge < -0.3 is 18.5 Å². The number of aromatic nitrogens is 3. The molecule has 1 aromatic carbocycles. The number of aryl methyl sites for hydroxylation is 3. The van der Waals surface area contributed by atoms with Crippen LogP contribution in [0.25, 0.3) is 0 Å². The first-order valence-corrected chi connectivity index (χ1v) is 8.09. The Labute approximate surface area is 150 Å². The molecular weight excluding hydrogens is 338 g/mol. The van der Waals surface area contributed by atoms with E-state index in [1.54, 1.807) is 6.92 Å². The Kier molecular flexibility index (Phi) is 5.31. The summed E-state index contributed by atoms with van der Waals surface area (Å²) >= 11 is 0. The molecule has 26 heavy (non-hydrogen) atoms. The second-order valence-corrected chi connectivity index (χ2v) is 5.81. The Balaban J connectivity index is 1.48. The lowest BCUT2D eigenvalue weighted by molar-refractivity contribution is -0.144. The Bertz CT molecular complexity index is 863. The first-order chi connectivity index (χ1) is 12.5. The van der Waals surface area contributed by atoms with E-state index in [2.05, 4.69) is 15.3 Å². The smallest absolute Gasteiger partial charge is 0.310 e. The number of nitrogens with zero attached hydrogens (tertiary/aromatic N) is 3. The Morgan fingerprint density at radius 1 is 1.04 bits per heavy atom. The SMILES string of the molecule is Cc1noc(COC(=O)Cc2ccc(OCc3c(C)noc3C)cc2)n1. The minimum atomic E-state index is -0.370. The molecule has 0 aliphatic heterocycles. The monoisotopic (exact) mass is 357 g/mol. The van der Waals surface area contributed by atoms with Crippen LogP contribution in [0.2, 0.25) is 0 Å². The summed E-state index contributed by atoms with van der Waals surface area (Å²) in [7, 11) is 0. The number of hydrogen-bond donors (Lipinski definition) is 0. The molecule has 0 aliphatic rings. The summed E-state index contributed by atoms with van der Waals surface area (Å²) in [6.07, 6.45) is 0.150. The topological polar surface area (TPSA) is 100 Å². The molecule has 0 saturated heterocycles. The van der Waals surface area contributed by atoms with Crippen molar-refractivity contribution in [3.8, 4) is 5.75 Å². The van der Waals surface area contributed by atoms with Crippen molar-refractivity contribution in [3.05, 3.63) is 58.6 Å². The number of esters is 1. The molecule has 0 N–H and O–H groups in total. The fraction of sp³-hybridized carbons (Fsp3) is 0.333. The summed E-state index contributed by atoms with van der Waals surface area (Å²) in [6, 6.07) is 7.26. The third-order valence-corrected chi connectivity index (χ3v) is 3.76. The quantitative estimate of drug-likeness (QED) is 0.595. The first-order valence-electron chi connectivity index (χ1n) is 8.09. The summed E-state index contributed by atoms with van der Waals surface area (Å²) in [5.74, 6) is 1.86. The van der Waals surface area contributed by atoms with Crippen molar-refractivity contribution < 1.29 is 23.3 Å². The molecule has 2 aromatic heterocycles. The van der Waals surface area contributed by atoms with Crippen LogP contribution in [0.4, 0.5) is 0 Å². The second kappa shape index (κ2) is 7.81. The molecular formula is C18H19N3O5. The molecule has 3 aromatic rings. The van der Waals surface area contributed by atoms with Crippen LogP contribution >= 0.6 is 0 Å². The van der Waals surface area contributed by atoms with Crippen molar-refractivity contribution in [3.63, 3.8) is 0 Å². The third-order valence-electron chi connectivity index (χ3n) is 3.76. The van der Waals surface area contributed by atoms with Gasteiger partial charge in [-0.3, -0.25) is 4.79 Å². The number of ether oxygens (including phenoxy) is 2. The van der Waals surface area contributed by atoms with Crippen LogP contribution in [0.1, 0.15) is 34.3 Å². The molecule has 0 unspecified atom stereocenters. The van der Waals surface area contributed by atoms with Gasteiger partial charge in [-0.25, -0.2) is 0 Å². The molecule has 0 bridgehead atoms. The molecule has 2 heterocycles. The predicted molar refractivity (Wildman–Crippen MR) is 89.3 cm³/mol. The summed E-state index contributed by atoms with van der Waals surface area (Å²) in [6.45, 7) is 5.77. The molecule has 136 valence electrons. The molecule has 0 atom stereocenters. The van der Waals surface area contributed by atoms with E-state index in [0.717, 1.165) is 22.6 Å². The highest BCUT2D eigenvalue weighted by Gasteiger charge is 2.11. The Morgan fingerprint density at radius 3 is 2.42 bits per heavy atom. The number of hydrogen-bond acceptors (Lipinski definition) is 8. The Hall–Kier alpha value is -3.16. The highest BCUT2D eigenvalue weighted by atomic mass is 16.6. The van der Waals surface area contributed by atoms with Crippen molar-refractivity contribution >= 4 is 5.97 Å². The van der Waals surface area contributed by atoms with Gasteiger partial charge in [0.15, 0.2) is 12.4 Å². The van der Waals surface area contributed by atoms with Crippen LogP contribution in [0.3, 0.4) is 0 Å². The van der Waals surface area contributed by atoms with Gasteiger partial charge in [0.2, 0.25) is 0 Å². The maximum Gasteiger partial charge on any atom is 0.310 e. The lowest BCUT2D eigenvalue weighted by atomic mass is 10.1. The van der Waals surface area contributed by atoms with Crippen molar-refractivity contribution in [1.29, 1.82) is 0 Å². The normalized spacial score (nSPS) is 10.7. The van der Waals surface area contributed by atoms with Gasteiger partial charge in [0.25, 0.3) is 5.89 Å². The first kappa shape index (κ1) is 17.7. The maximum absolute atomic E-state index is 11.9. The highest BCUT2D eigenvalue weighted by Crippen LogP contribution is 2.18. The maximum atomic E-state index is 11.9. The zero-order valence-corrected chi connectivity index (χ0v) is 14.8. The van der Waals surface area contributed by atoms with Crippen molar-refractivity contribution in [1.82, 2.24) is 15.3 Å². The number of benzene rings is 1. The van der Waals surface area contributed by atoms with Gasteiger partial charge in [-0.1, -0.05) is 22.4 Å². The van der Waals surface area contributed by atoms with Crippen LogP contribution in [-0.4, -0.2) is 21.3 Å². The largest absolute Gasteiger partial charge is 0.489 e.